The Balaban J connectivity index is 2.19. The maximum absolute atomic E-state index is 12.5. The van der Waals surface area contributed by atoms with Crippen LogP contribution in [0.25, 0.3) is 11.1 Å². The van der Waals surface area contributed by atoms with E-state index in [0.717, 1.165) is 33.4 Å². The predicted molar refractivity (Wildman–Crippen MR) is 80.4 cm³/mol. The molecule has 1 aliphatic rings. The number of carbonyl (C=O) groups excluding carboxylic acids is 1. The molecule has 0 N–H and O–H groups in total. The van der Waals surface area contributed by atoms with E-state index in [9.17, 15) is 4.79 Å². The molecular formula is C19H12O. The summed E-state index contributed by atoms with van der Waals surface area (Å²) >= 11 is 0. The zero-order chi connectivity index (χ0) is 14.1. The highest BCUT2D eigenvalue weighted by Gasteiger charge is 2.26. The first-order valence-corrected chi connectivity index (χ1v) is 6.43. The van der Waals surface area contributed by atoms with E-state index >= 15 is 0 Å². The number of rotatable bonds is 0. The van der Waals surface area contributed by atoms with Gasteiger partial charge in [-0.3, -0.25) is 4.79 Å². The van der Waals surface area contributed by atoms with Crippen LogP contribution in [0.5, 0.6) is 0 Å². The van der Waals surface area contributed by atoms with Crippen LogP contribution in [0.3, 0.4) is 0 Å². The zero-order valence-corrected chi connectivity index (χ0v) is 11.4. The second-order valence-corrected chi connectivity index (χ2v) is 4.60. The summed E-state index contributed by atoms with van der Waals surface area (Å²) in [5.74, 6) is 11.8. The average Bonchev–Trinajstić information content (AvgIpc) is 2.73. The van der Waals surface area contributed by atoms with Gasteiger partial charge in [0.05, 0.1) is 0 Å². The lowest BCUT2D eigenvalue weighted by Gasteiger charge is -2.00. The smallest absolute Gasteiger partial charge is 0.194 e. The van der Waals surface area contributed by atoms with E-state index in [1.165, 1.54) is 0 Å². The fraction of sp³-hybridized carbons (Fsp3) is 0.105. The molecule has 0 atom stereocenters. The highest BCUT2D eigenvalue weighted by molar-refractivity contribution is 6.22. The van der Waals surface area contributed by atoms with E-state index in [-0.39, 0.29) is 5.78 Å². The molecule has 20 heavy (non-hydrogen) atoms. The lowest BCUT2D eigenvalue weighted by Crippen LogP contribution is -1.96. The third-order valence-electron chi connectivity index (χ3n) is 3.36. The maximum atomic E-state index is 12.5. The average molecular weight is 256 g/mol. The van der Waals surface area contributed by atoms with Crippen molar-refractivity contribution in [3.8, 4) is 34.8 Å². The minimum atomic E-state index is 0.0644. The topological polar surface area (TPSA) is 17.1 Å². The molecule has 0 saturated heterocycles. The van der Waals surface area contributed by atoms with E-state index in [4.69, 9.17) is 0 Å². The molecule has 3 rings (SSSR count). The molecule has 0 radical (unpaired) electrons. The molecule has 0 fully saturated rings. The van der Waals surface area contributed by atoms with Crippen LogP contribution in [0.1, 0.15) is 40.9 Å². The van der Waals surface area contributed by atoms with Crippen molar-refractivity contribution >= 4 is 5.78 Å². The molecule has 94 valence electrons. The summed E-state index contributed by atoms with van der Waals surface area (Å²) in [5.41, 5.74) is 5.20. The second-order valence-electron chi connectivity index (χ2n) is 4.60. The van der Waals surface area contributed by atoms with E-state index in [2.05, 4.69) is 23.7 Å². The third kappa shape index (κ3) is 1.81. The summed E-state index contributed by atoms with van der Waals surface area (Å²) < 4.78 is 0. The lowest BCUT2D eigenvalue weighted by atomic mass is 10.0. The van der Waals surface area contributed by atoms with Crippen molar-refractivity contribution in [3.63, 3.8) is 0 Å². The Bertz CT molecular complexity index is 777. The van der Waals surface area contributed by atoms with E-state index < -0.39 is 0 Å². The summed E-state index contributed by atoms with van der Waals surface area (Å²) in [6.07, 6.45) is 0. The van der Waals surface area contributed by atoms with Gasteiger partial charge in [0, 0.05) is 22.3 Å². The molecule has 0 aliphatic heterocycles. The molecule has 1 nitrogen and oxygen atoms in total. The number of hydrogen-bond donors (Lipinski definition) is 0. The van der Waals surface area contributed by atoms with Gasteiger partial charge in [0.15, 0.2) is 5.78 Å². The van der Waals surface area contributed by atoms with Gasteiger partial charge in [0.25, 0.3) is 0 Å². The van der Waals surface area contributed by atoms with E-state index in [1.807, 2.05) is 36.4 Å². The molecule has 2 aromatic carbocycles. The summed E-state index contributed by atoms with van der Waals surface area (Å²) in [6, 6.07) is 11.6. The Morgan fingerprint density at radius 2 is 1.15 bits per heavy atom. The van der Waals surface area contributed by atoms with Crippen LogP contribution in [0.4, 0.5) is 0 Å². The van der Waals surface area contributed by atoms with Crippen molar-refractivity contribution in [2.24, 2.45) is 0 Å². The van der Waals surface area contributed by atoms with Crippen molar-refractivity contribution in [1.29, 1.82) is 0 Å². The minimum Gasteiger partial charge on any atom is -0.289 e. The standard InChI is InChI=1S/C19H12O/c1-3-5-13-7-9-15-16-10-8-14(6-4-2)12-18(16)19(20)17(15)11-13/h7-12H,1-2H3. The fourth-order valence-corrected chi connectivity index (χ4v) is 2.52. The van der Waals surface area contributed by atoms with Gasteiger partial charge in [-0.2, -0.15) is 0 Å². The quantitative estimate of drug-likeness (QED) is 0.561. The third-order valence-corrected chi connectivity index (χ3v) is 3.36. The van der Waals surface area contributed by atoms with Crippen molar-refractivity contribution < 1.29 is 4.79 Å². The van der Waals surface area contributed by atoms with Gasteiger partial charge in [0.1, 0.15) is 0 Å². The number of benzene rings is 2. The number of fused-ring (bicyclic) bond motifs is 3. The zero-order valence-electron chi connectivity index (χ0n) is 11.4. The first-order chi connectivity index (χ1) is 9.74. The summed E-state index contributed by atoms with van der Waals surface area (Å²) in [4.78, 5) is 12.5. The molecule has 1 aliphatic carbocycles. The summed E-state index contributed by atoms with van der Waals surface area (Å²) in [5, 5.41) is 0. The first-order valence-electron chi connectivity index (χ1n) is 6.43. The van der Waals surface area contributed by atoms with Gasteiger partial charge in [-0.05, 0) is 49.2 Å². The molecule has 0 bridgehead atoms. The largest absolute Gasteiger partial charge is 0.289 e. The Hall–Kier alpha value is -2.77. The van der Waals surface area contributed by atoms with Gasteiger partial charge in [-0.1, -0.05) is 24.0 Å². The monoisotopic (exact) mass is 256 g/mol. The van der Waals surface area contributed by atoms with Crippen molar-refractivity contribution in [2.45, 2.75) is 13.8 Å². The number of hydrogen-bond acceptors (Lipinski definition) is 1. The molecule has 1 heteroatoms. The molecule has 0 spiro atoms. The lowest BCUT2D eigenvalue weighted by molar-refractivity contribution is 0.104. The summed E-state index contributed by atoms with van der Waals surface area (Å²) in [6.45, 7) is 3.58. The Kier molecular flexibility index (Phi) is 2.90. The van der Waals surface area contributed by atoms with Gasteiger partial charge >= 0.3 is 0 Å². The van der Waals surface area contributed by atoms with Crippen LogP contribution < -0.4 is 0 Å². The van der Waals surface area contributed by atoms with Crippen LogP contribution in [-0.2, 0) is 0 Å². The van der Waals surface area contributed by atoms with Crippen molar-refractivity contribution in [1.82, 2.24) is 0 Å². The second kappa shape index (κ2) is 4.72. The van der Waals surface area contributed by atoms with Crippen LogP contribution in [0.15, 0.2) is 36.4 Å². The predicted octanol–water partition coefficient (Wildman–Crippen LogP) is 3.64. The van der Waals surface area contributed by atoms with Crippen LogP contribution in [0, 0.1) is 23.7 Å². The van der Waals surface area contributed by atoms with Crippen molar-refractivity contribution in [3.05, 3.63) is 58.7 Å². The molecule has 0 aromatic heterocycles. The molecule has 0 amide bonds. The Morgan fingerprint density at radius 1 is 0.700 bits per heavy atom. The highest BCUT2D eigenvalue weighted by Crippen LogP contribution is 2.37. The van der Waals surface area contributed by atoms with Crippen LogP contribution >= 0.6 is 0 Å². The van der Waals surface area contributed by atoms with Crippen LogP contribution in [0.2, 0.25) is 0 Å². The van der Waals surface area contributed by atoms with Gasteiger partial charge in [-0.15, -0.1) is 11.8 Å². The minimum absolute atomic E-state index is 0.0644. The first kappa shape index (κ1) is 12.3. The molecular weight excluding hydrogens is 244 g/mol. The normalized spacial score (nSPS) is 10.8. The molecule has 0 unspecified atom stereocenters. The van der Waals surface area contributed by atoms with Crippen LogP contribution in [-0.4, -0.2) is 5.78 Å². The Morgan fingerprint density at radius 3 is 1.55 bits per heavy atom. The summed E-state index contributed by atoms with van der Waals surface area (Å²) in [7, 11) is 0. The molecule has 0 saturated carbocycles. The van der Waals surface area contributed by atoms with Gasteiger partial charge < -0.3 is 0 Å². The highest BCUT2D eigenvalue weighted by atomic mass is 16.1. The molecule has 0 heterocycles. The number of ketones is 1. The number of carbonyl (C=O) groups is 1. The van der Waals surface area contributed by atoms with Gasteiger partial charge in [-0.25, -0.2) is 0 Å². The SMILES string of the molecule is CC#Cc1ccc2c(c1)C(=O)c1cc(C#CC)ccc1-2. The van der Waals surface area contributed by atoms with Gasteiger partial charge in [0.2, 0.25) is 0 Å². The fourth-order valence-electron chi connectivity index (χ4n) is 2.52. The Labute approximate surface area is 118 Å². The maximum Gasteiger partial charge on any atom is 0.194 e. The van der Waals surface area contributed by atoms with E-state index in [1.54, 1.807) is 13.8 Å². The van der Waals surface area contributed by atoms with Crippen molar-refractivity contribution in [2.75, 3.05) is 0 Å². The molecule has 2 aromatic rings. The van der Waals surface area contributed by atoms with E-state index in [0.29, 0.717) is 0 Å².